The summed E-state index contributed by atoms with van der Waals surface area (Å²) >= 11 is 12.1. The van der Waals surface area contributed by atoms with Crippen LogP contribution < -0.4 is 5.32 Å². The standard InChI is InChI=1S/C13H8Cl2N4/c14-8-3-4-10(15)11(6-8)19-13-9-2-1-5-16-12(9)17-7-18-13/h1-7H,(H,16,17,18,19). The summed E-state index contributed by atoms with van der Waals surface area (Å²) in [6, 6.07) is 8.93. The molecule has 0 aliphatic carbocycles. The molecule has 4 nitrogen and oxygen atoms in total. The van der Waals surface area contributed by atoms with Gasteiger partial charge in [0.05, 0.1) is 16.1 Å². The van der Waals surface area contributed by atoms with Gasteiger partial charge in [0.1, 0.15) is 12.1 Å². The minimum absolute atomic E-state index is 0.569. The monoisotopic (exact) mass is 290 g/mol. The summed E-state index contributed by atoms with van der Waals surface area (Å²) in [5.74, 6) is 0.641. The van der Waals surface area contributed by atoms with Crippen LogP contribution in [-0.2, 0) is 0 Å². The van der Waals surface area contributed by atoms with Crippen molar-refractivity contribution in [3.63, 3.8) is 0 Å². The summed E-state index contributed by atoms with van der Waals surface area (Å²) in [5, 5.41) is 5.14. The van der Waals surface area contributed by atoms with Crippen molar-refractivity contribution in [2.75, 3.05) is 5.32 Å². The summed E-state index contributed by atoms with van der Waals surface area (Å²) in [4.78, 5) is 12.5. The van der Waals surface area contributed by atoms with Gasteiger partial charge in [-0.25, -0.2) is 15.0 Å². The Labute approximate surface area is 119 Å². The number of aromatic nitrogens is 3. The Morgan fingerprint density at radius 3 is 2.79 bits per heavy atom. The smallest absolute Gasteiger partial charge is 0.164 e. The first-order valence-corrected chi connectivity index (χ1v) is 6.27. The lowest BCUT2D eigenvalue weighted by molar-refractivity contribution is 1.18. The molecule has 3 rings (SSSR count). The Morgan fingerprint density at radius 2 is 1.89 bits per heavy atom. The van der Waals surface area contributed by atoms with E-state index in [9.17, 15) is 0 Å². The molecule has 0 spiro atoms. The number of hydrogen-bond acceptors (Lipinski definition) is 4. The van der Waals surface area contributed by atoms with E-state index < -0.39 is 0 Å². The van der Waals surface area contributed by atoms with E-state index in [2.05, 4.69) is 20.3 Å². The van der Waals surface area contributed by atoms with Gasteiger partial charge < -0.3 is 5.32 Å². The number of rotatable bonds is 2. The first-order chi connectivity index (χ1) is 9.24. The number of nitrogens with one attached hydrogen (secondary N) is 1. The number of anilines is 2. The molecule has 6 heteroatoms. The number of halogens is 2. The van der Waals surface area contributed by atoms with Crippen molar-refractivity contribution < 1.29 is 0 Å². The highest BCUT2D eigenvalue weighted by Crippen LogP contribution is 2.29. The molecule has 0 saturated heterocycles. The van der Waals surface area contributed by atoms with E-state index in [-0.39, 0.29) is 0 Å². The maximum atomic E-state index is 6.12. The van der Waals surface area contributed by atoms with Crippen LogP contribution in [0.25, 0.3) is 11.0 Å². The van der Waals surface area contributed by atoms with Crippen molar-refractivity contribution in [3.05, 3.63) is 52.9 Å². The first-order valence-electron chi connectivity index (χ1n) is 5.52. The van der Waals surface area contributed by atoms with Gasteiger partial charge in [-0.1, -0.05) is 23.2 Å². The third kappa shape index (κ3) is 2.45. The van der Waals surface area contributed by atoms with Gasteiger partial charge in [-0.3, -0.25) is 0 Å². The molecular formula is C13H8Cl2N4. The highest BCUT2D eigenvalue weighted by molar-refractivity contribution is 6.35. The average Bonchev–Trinajstić information content (AvgIpc) is 2.43. The van der Waals surface area contributed by atoms with Crippen LogP contribution in [0.3, 0.4) is 0 Å². The van der Waals surface area contributed by atoms with Gasteiger partial charge in [-0.15, -0.1) is 0 Å². The van der Waals surface area contributed by atoms with Crippen LogP contribution in [-0.4, -0.2) is 15.0 Å². The molecule has 0 saturated carbocycles. The second-order valence-corrected chi connectivity index (χ2v) is 4.69. The lowest BCUT2D eigenvalue weighted by Gasteiger charge is -2.09. The van der Waals surface area contributed by atoms with Crippen molar-refractivity contribution >= 4 is 45.7 Å². The minimum Gasteiger partial charge on any atom is -0.338 e. The van der Waals surface area contributed by atoms with Gasteiger partial charge in [0.25, 0.3) is 0 Å². The Hall–Kier alpha value is -1.91. The first kappa shape index (κ1) is 12.1. The molecule has 0 atom stereocenters. The predicted molar refractivity (Wildman–Crippen MR) is 77.1 cm³/mol. The number of fused-ring (bicyclic) bond motifs is 1. The zero-order chi connectivity index (χ0) is 13.2. The van der Waals surface area contributed by atoms with Crippen molar-refractivity contribution in [1.29, 1.82) is 0 Å². The number of benzene rings is 1. The fourth-order valence-electron chi connectivity index (χ4n) is 1.72. The maximum absolute atomic E-state index is 6.12. The van der Waals surface area contributed by atoms with E-state index >= 15 is 0 Å². The molecule has 0 radical (unpaired) electrons. The van der Waals surface area contributed by atoms with Crippen molar-refractivity contribution in [1.82, 2.24) is 15.0 Å². The van der Waals surface area contributed by atoms with Gasteiger partial charge in [0.15, 0.2) is 5.65 Å². The molecule has 2 heterocycles. The van der Waals surface area contributed by atoms with Gasteiger partial charge in [0.2, 0.25) is 0 Å². The Balaban J connectivity index is 2.08. The Morgan fingerprint density at radius 1 is 1.00 bits per heavy atom. The summed E-state index contributed by atoms with van der Waals surface area (Å²) in [5.41, 5.74) is 1.32. The number of pyridine rings is 1. The molecule has 0 bridgehead atoms. The zero-order valence-electron chi connectivity index (χ0n) is 9.64. The van der Waals surface area contributed by atoms with Gasteiger partial charge in [0, 0.05) is 11.2 Å². The highest BCUT2D eigenvalue weighted by Gasteiger charge is 2.07. The SMILES string of the molecule is Clc1ccc(Cl)c(Nc2ncnc3ncccc23)c1. The molecule has 19 heavy (non-hydrogen) atoms. The number of hydrogen-bond donors (Lipinski definition) is 1. The molecular weight excluding hydrogens is 283 g/mol. The fourth-order valence-corrected chi connectivity index (χ4v) is 2.05. The molecule has 2 aromatic heterocycles. The van der Waals surface area contributed by atoms with E-state index in [1.165, 1.54) is 6.33 Å². The second kappa shape index (κ2) is 4.99. The maximum Gasteiger partial charge on any atom is 0.164 e. The number of nitrogens with zero attached hydrogens (tertiary/aromatic N) is 3. The second-order valence-electron chi connectivity index (χ2n) is 3.85. The summed E-state index contributed by atoms with van der Waals surface area (Å²) in [7, 11) is 0. The molecule has 3 aromatic rings. The van der Waals surface area contributed by atoms with Gasteiger partial charge >= 0.3 is 0 Å². The Bertz CT molecular complexity index is 740. The topological polar surface area (TPSA) is 50.7 Å². The predicted octanol–water partition coefficient (Wildman–Crippen LogP) is 4.08. The van der Waals surface area contributed by atoms with Crippen molar-refractivity contribution in [3.8, 4) is 0 Å². The van der Waals surface area contributed by atoms with Crippen LogP contribution in [0.15, 0.2) is 42.9 Å². The largest absolute Gasteiger partial charge is 0.338 e. The molecule has 1 N–H and O–H groups in total. The summed E-state index contributed by atoms with van der Waals surface area (Å²) in [6.07, 6.45) is 3.14. The van der Waals surface area contributed by atoms with E-state index in [1.807, 2.05) is 12.1 Å². The van der Waals surface area contributed by atoms with Gasteiger partial charge in [-0.2, -0.15) is 0 Å². The zero-order valence-corrected chi connectivity index (χ0v) is 11.2. The normalized spacial score (nSPS) is 10.6. The van der Waals surface area contributed by atoms with Crippen LogP contribution in [0.1, 0.15) is 0 Å². The quantitative estimate of drug-likeness (QED) is 0.773. The summed E-state index contributed by atoms with van der Waals surface area (Å²) < 4.78 is 0. The molecule has 0 aliphatic heterocycles. The minimum atomic E-state index is 0.569. The highest BCUT2D eigenvalue weighted by atomic mass is 35.5. The fraction of sp³-hybridized carbons (Fsp3) is 0. The van der Waals surface area contributed by atoms with Crippen LogP contribution in [0.5, 0.6) is 0 Å². The molecule has 1 aromatic carbocycles. The van der Waals surface area contributed by atoms with Crippen LogP contribution >= 0.6 is 23.2 Å². The van der Waals surface area contributed by atoms with Crippen LogP contribution in [0.2, 0.25) is 10.0 Å². The average molecular weight is 291 g/mol. The molecule has 0 unspecified atom stereocenters. The van der Waals surface area contributed by atoms with Gasteiger partial charge in [-0.05, 0) is 30.3 Å². The van der Waals surface area contributed by atoms with Crippen molar-refractivity contribution in [2.24, 2.45) is 0 Å². The molecule has 0 amide bonds. The van der Waals surface area contributed by atoms with Crippen molar-refractivity contribution in [2.45, 2.75) is 0 Å². The van der Waals surface area contributed by atoms with E-state index in [4.69, 9.17) is 23.2 Å². The third-order valence-electron chi connectivity index (χ3n) is 2.59. The molecule has 0 aliphatic rings. The van der Waals surface area contributed by atoms with Crippen LogP contribution in [0.4, 0.5) is 11.5 Å². The molecule has 94 valence electrons. The third-order valence-corrected chi connectivity index (χ3v) is 3.15. The van der Waals surface area contributed by atoms with Crippen LogP contribution in [0, 0.1) is 0 Å². The molecule has 0 fully saturated rings. The lowest BCUT2D eigenvalue weighted by atomic mass is 10.3. The lowest BCUT2D eigenvalue weighted by Crippen LogP contribution is -1.97. The van der Waals surface area contributed by atoms with E-state index in [0.29, 0.717) is 27.2 Å². The van der Waals surface area contributed by atoms with E-state index in [1.54, 1.807) is 24.4 Å². The Kier molecular flexibility index (Phi) is 3.19. The summed E-state index contributed by atoms with van der Waals surface area (Å²) in [6.45, 7) is 0. The van der Waals surface area contributed by atoms with E-state index in [0.717, 1.165) is 5.39 Å².